The van der Waals surface area contributed by atoms with E-state index < -0.39 is 0 Å². The molecule has 3 aromatic rings. The highest BCUT2D eigenvalue weighted by atomic mass is 35.5. The lowest BCUT2D eigenvalue weighted by Crippen LogP contribution is -2.06. The first kappa shape index (κ1) is 19.0. The first-order chi connectivity index (χ1) is 14.6. The van der Waals surface area contributed by atoms with E-state index in [9.17, 15) is 5.26 Å². The average molecular weight is 412 g/mol. The summed E-state index contributed by atoms with van der Waals surface area (Å²) in [5.41, 5.74) is 6.34. The molecule has 0 radical (unpaired) electrons. The van der Waals surface area contributed by atoms with Crippen LogP contribution in [0.5, 0.6) is 5.75 Å². The average Bonchev–Trinajstić information content (AvgIpc) is 3.54. The van der Waals surface area contributed by atoms with Gasteiger partial charge < -0.3 is 4.74 Å². The molecule has 148 valence electrons. The Balaban J connectivity index is 1.53. The van der Waals surface area contributed by atoms with Crippen LogP contribution < -0.4 is 4.74 Å². The van der Waals surface area contributed by atoms with Gasteiger partial charge >= 0.3 is 0 Å². The number of nitriles is 1. The molecule has 0 aromatic heterocycles. The van der Waals surface area contributed by atoms with Crippen LogP contribution in [0.25, 0.3) is 16.7 Å². The minimum Gasteiger partial charge on any atom is -0.487 e. The Kier molecular flexibility index (Phi) is 4.85. The van der Waals surface area contributed by atoms with Gasteiger partial charge in [-0.25, -0.2) is 0 Å². The van der Waals surface area contributed by atoms with E-state index in [4.69, 9.17) is 16.3 Å². The van der Waals surface area contributed by atoms with Crippen LogP contribution >= 0.6 is 11.6 Å². The maximum atomic E-state index is 9.60. The summed E-state index contributed by atoms with van der Waals surface area (Å²) in [6.07, 6.45) is 3.57. The van der Waals surface area contributed by atoms with Gasteiger partial charge in [0, 0.05) is 5.02 Å². The standard InChI is InChI=1S/C27H22ClNO/c1-17-25-10-4-8-21(15-29)27(25)30-16-23(12-22-14-26(17)22)19-6-2-5-18(11-19)20-7-3-9-24(28)13-20/h2-13,17,22,26H,14,16H2,1H3/b23-12+/t17-,22+,26+/m0/s1. The molecule has 2 aliphatic rings. The number of rotatable bonds is 2. The van der Waals surface area contributed by atoms with Gasteiger partial charge in [0.2, 0.25) is 0 Å². The summed E-state index contributed by atoms with van der Waals surface area (Å²) in [6.45, 7) is 2.72. The molecule has 0 spiro atoms. The lowest BCUT2D eigenvalue weighted by Gasteiger charge is -2.18. The summed E-state index contributed by atoms with van der Waals surface area (Å²) < 4.78 is 6.29. The molecular formula is C27H22ClNO. The molecule has 3 heteroatoms. The molecule has 1 fully saturated rings. The zero-order valence-corrected chi connectivity index (χ0v) is 17.6. The predicted molar refractivity (Wildman–Crippen MR) is 122 cm³/mol. The van der Waals surface area contributed by atoms with Crippen molar-refractivity contribution in [2.45, 2.75) is 19.3 Å². The van der Waals surface area contributed by atoms with Crippen LogP contribution in [0.15, 0.2) is 72.8 Å². The Morgan fingerprint density at radius 3 is 2.50 bits per heavy atom. The number of hydrogen-bond donors (Lipinski definition) is 0. The molecule has 0 saturated heterocycles. The van der Waals surface area contributed by atoms with Gasteiger partial charge in [-0.05, 0) is 76.3 Å². The second-order valence-corrected chi connectivity index (χ2v) is 8.70. The second-order valence-electron chi connectivity index (χ2n) is 8.26. The van der Waals surface area contributed by atoms with Gasteiger partial charge in [0.25, 0.3) is 0 Å². The Labute approximate surface area is 182 Å². The van der Waals surface area contributed by atoms with Gasteiger partial charge in [0.1, 0.15) is 18.4 Å². The van der Waals surface area contributed by atoms with Crippen LogP contribution in [-0.4, -0.2) is 6.61 Å². The monoisotopic (exact) mass is 411 g/mol. The van der Waals surface area contributed by atoms with E-state index in [0.717, 1.165) is 33.0 Å². The minimum absolute atomic E-state index is 0.381. The third-order valence-electron chi connectivity index (χ3n) is 6.37. The van der Waals surface area contributed by atoms with Crippen molar-refractivity contribution in [1.82, 2.24) is 0 Å². The van der Waals surface area contributed by atoms with E-state index in [1.54, 1.807) is 0 Å². The van der Waals surface area contributed by atoms with Crippen molar-refractivity contribution in [3.8, 4) is 22.9 Å². The van der Waals surface area contributed by atoms with E-state index >= 15 is 0 Å². The lowest BCUT2D eigenvalue weighted by atomic mass is 9.92. The van der Waals surface area contributed by atoms with Gasteiger partial charge in [0.05, 0.1) is 5.56 Å². The predicted octanol–water partition coefficient (Wildman–Crippen LogP) is 7.09. The number of fused-ring (bicyclic) bond motifs is 2. The summed E-state index contributed by atoms with van der Waals surface area (Å²) in [7, 11) is 0. The lowest BCUT2D eigenvalue weighted by molar-refractivity contribution is 0.361. The molecule has 1 aliphatic carbocycles. The van der Waals surface area contributed by atoms with Crippen LogP contribution in [-0.2, 0) is 0 Å². The quantitative estimate of drug-likeness (QED) is 0.450. The minimum atomic E-state index is 0.381. The van der Waals surface area contributed by atoms with Crippen LogP contribution in [0.2, 0.25) is 5.02 Å². The van der Waals surface area contributed by atoms with Gasteiger partial charge in [-0.1, -0.05) is 67.1 Å². The van der Waals surface area contributed by atoms with E-state index in [0.29, 0.717) is 29.9 Å². The highest BCUT2D eigenvalue weighted by molar-refractivity contribution is 6.30. The normalized spacial score (nSPS) is 23.9. The first-order valence-electron chi connectivity index (χ1n) is 10.4. The summed E-state index contributed by atoms with van der Waals surface area (Å²) in [5.74, 6) is 2.29. The van der Waals surface area contributed by atoms with Gasteiger partial charge in [-0.15, -0.1) is 0 Å². The van der Waals surface area contributed by atoms with Crippen molar-refractivity contribution in [3.63, 3.8) is 0 Å². The Morgan fingerprint density at radius 1 is 0.967 bits per heavy atom. The van der Waals surface area contributed by atoms with Crippen molar-refractivity contribution >= 4 is 17.2 Å². The number of para-hydroxylation sites is 1. The Hall–Kier alpha value is -3.02. The summed E-state index contributed by atoms with van der Waals surface area (Å²) in [6, 6.07) is 24.7. The third kappa shape index (κ3) is 3.51. The summed E-state index contributed by atoms with van der Waals surface area (Å²) >= 11 is 6.20. The van der Waals surface area contributed by atoms with Crippen molar-refractivity contribution in [2.75, 3.05) is 6.61 Å². The number of halogens is 1. The third-order valence-corrected chi connectivity index (χ3v) is 6.60. The first-order valence-corrected chi connectivity index (χ1v) is 10.7. The highest BCUT2D eigenvalue weighted by Gasteiger charge is 2.42. The molecular weight excluding hydrogens is 390 g/mol. The fraction of sp³-hybridized carbons (Fsp3) is 0.222. The number of allylic oxidation sites excluding steroid dienone is 1. The highest BCUT2D eigenvalue weighted by Crippen LogP contribution is 2.53. The maximum absolute atomic E-state index is 9.60. The second kappa shape index (κ2) is 7.67. The Morgan fingerprint density at radius 2 is 1.70 bits per heavy atom. The molecule has 30 heavy (non-hydrogen) atoms. The van der Waals surface area contributed by atoms with Crippen molar-refractivity contribution < 1.29 is 4.74 Å². The molecule has 0 unspecified atom stereocenters. The van der Waals surface area contributed by atoms with Crippen LogP contribution in [0.4, 0.5) is 0 Å². The largest absolute Gasteiger partial charge is 0.487 e. The zero-order valence-electron chi connectivity index (χ0n) is 16.8. The van der Waals surface area contributed by atoms with Gasteiger partial charge in [0.15, 0.2) is 0 Å². The van der Waals surface area contributed by atoms with Crippen molar-refractivity contribution in [1.29, 1.82) is 5.26 Å². The van der Waals surface area contributed by atoms with E-state index in [-0.39, 0.29) is 0 Å². The van der Waals surface area contributed by atoms with E-state index in [1.807, 2.05) is 30.3 Å². The van der Waals surface area contributed by atoms with Crippen LogP contribution in [0, 0.1) is 23.2 Å². The smallest absolute Gasteiger partial charge is 0.141 e. The zero-order chi connectivity index (χ0) is 20.7. The Bertz CT molecular complexity index is 1190. The number of nitrogens with zero attached hydrogens (tertiary/aromatic N) is 1. The molecule has 0 N–H and O–H groups in total. The molecule has 1 heterocycles. The van der Waals surface area contributed by atoms with Gasteiger partial charge in [-0.3, -0.25) is 0 Å². The molecule has 3 aromatic carbocycles. The van der Waals surface area contributed by atoms with E-state index in [2.05, 4.69) is 55.5 Å². The fourth-order valence-corrected chi connectivity index (χ4v) is 4.79. The van der Waals surface area contributed by atoms with Crippen LogP contribution in [0.1, 0.15) is 36.0 Å². The number of benzene rings is 3. The summed E-state index contributed by atoms with van der Waals surface area (Å²) in [4.78, 5) is 0. The van der Waals surface area contributed by atoms with E-state index in [1.165, 1.54) is 12.0 Å². The molecule has 3 atom stereocenters. The maximum Gasteiger partial charge on any atom is 0.141 e. The van der Waals surface area contributed by atoms with Crippen LogP contribution in [0.3, 0.4) is 0 Å². The molecule has 1 aliphatic heterocycles. The SMILES string of the molecule is C[C@H]1c2cccc(C#N)c2OC/C(c2cccc(-c3cccc(Cl)c3)c2)=C\[C@@H]2C[C@@H]21. The number of ether oxygens (including phenoxy) is 1. The topological polar surface area (TPSA) is 33.0 Å². The summed E-state index contributed by atoms with van der Waals surface area (Å²) in [5, 5.41) is 10.3. The fourth-order valence-electron chi connectivity index (χ4n) is 4.60. The molecule has 5 rings (SSSR count). The van der Waals surface area contributed by atoms with Crippen molar-refractivity contribution in [3.05, 3.63) is 94.5 Å². The van der Waals surface area contributed by atoms with Crippen molar-refractivity contribution in [2.24, 2.45) is 11.8 Å². The molecule has 1 saturated carbocycles. The molecule has 0 bridgehead atoms. The molecule has 0 amide bonds. The molecule has 2 nitrogen and oxygen atoms in total. The van der Waals surface area contributed by atoms with Gasteiger partial charge in [-0.2, -0.15) is 5.26 Å². The number of hydrogen-bond acceptors (Lipinski definition) is 2.